The number of pyridine rings is 1. The summed E-state index contributed by atoms with van der Waals surface area (Å²) in [6, 6.07) is 16.4. The Morgan fingerprint density at radius 2 is 1.92 bits per heavy atom. The molecule has 1 aromatic heterocycles. The molecule has 0 saturated heterocycles. The van der Waals surface area contributed by atoms with E-state index in [0.717, 1.165) is 39.9 Å². The minimum Gasteiger partial charge on any atom is -0.352 e. The molecule has 26 heavy (non-hydrogen) atoms. The van der Waals surface area contributed by atoms with Gasteiger partial charge in [-0.05, 0) is 55.2 Å². The summed E-state index contributed by atoms with van der Waals surface area (Å²) in [4.78, 5) is 17.5. The van der Waals surface area contributed by atoms with E-state index >= 15 is 0 Å². The van der Waals surface area contributed by atoms with Crippen LogP contribution in [0.2, 0.25) is 0 Å². The van der Waals surface area contributed by atoms with E-state index in [1.807, 2.05) is 37.3 Å². The lowest BCUT2D eigenvalue weighted by atomic mass is 10.1. The number of nitrogens with zero attached hydrogens (tertiary/aromatic N) is 1. The van der Waals surface area contributed by atoms with Crippen molar-refractivity contribution < 1.29 is 9.18 Å². The third-order valence-electron chi connectivity index (χ3n) is 4.47. The number of thioether (sulfide) groups is 1. The highest BCUT2D eigenvalue weighted by Crippen LogP contribution is 2.37. The predicted octanol–water partition coefficient (Wildman–Crippen LogP) is 4.79. The van der Waals surface area contributed by atoms with Crippen LogP contribution in [0.25, 0.3) is 10.9 Å². The van der Waals surface area contributed by atoms with Gasteiger partial charge in [0.2, 0.25) is 5.91 Å². The average Bonchev–Trinajstić information content (AvgIpc) is 3.44. The Morgan fingerprint density at radius 3 is 2.65 bits per heavy atom. The van der Waals surface area contributed by atoms with Crippen molar-refractivity contribution in [3.63, 3.8) is 0 Å². The summed E-state index contributed by atoms with van der Waals surface area (Å²) >= 11 is 1.41. The lowest BCUT2D eigenvalue weighted by Gasteiger charge is -2.17. The second kappa shape index (κ2) is 7.08. The molecule has 0 bridgehead atoms. The summed E-state index contributed by atoms with van der Waals surface area (Å²) < 4.78 is 13.3. The number of nitrogens with one attached hydrogen (secondary N) is 1. The standard InChI is InChI=1S/C21H19FN2OS/c1-13-12-19(24-18-5-3-2-4-17(13)18)26-20(21(25)23-16-10-11-16)14-6-8-15(22)9-7-14/h2-9,12,16,20H,10-11H2,1H3,(H,23,25). The maximum atomic E-state index is 13.3. The molecule has 1 aliphatic carbocycles. The first-order chi connectivity index (χ1) is 12.6. The Kier molecular flexibility index (Phi) is 4.64. The van der Waals surface area contributed by atoms with Gasteiger partial charge in [0.1, 0.15) is 11.1 Å². The molecule has 1 heterocycles. The molecule has 1 saturated carbocycles. The van der Waals surface area contributed by atoms with Crippen molar-refractivity contribution in [1.82, 2.24) is 10.3 Å². The molecule has 0 radical (unpaired) electrons. The zero-order chi connectivity index (χ0) is 18.1. The fourth-order valence-corrected chi connectivity index (χ4v) is 4.02. The summed E-state index contributed by atoms with van der Waals surface area (Å²) in [5.74, 6) is -0.350. The lowest BCUT2D eigenvalue weighted by molar-refractivity contribution is -0.120. The summed E-state index contributed by atoms with van der Waals surface area (Å²) in [6.45, 7) is 2.05. The molecule has 1 amide bonds. The first-order valence-corrected chi connectivity index (χ1v) is 9.57. The van der Waals surface area contributed by atoms with Gasteiger partial charge in [0.05, 0.1) is 10.5 Å². The first-order valence-electron chi connectivity index (χ1n) is 8.69. The normalized spacial score (nSPS) is 15.0. The number of fused-ring (bicyclic) bond motifs is 1. The van der Waals surface area contributed by atoms with E-state index < -0.39 is 5.25 Å². The Bertz CT molecular complexity index is 954. The van der Waals surface area contributed by atoms with Crippen LogP contribution in [0.15, 0.2) is 59.6 Å². The minimum absolute atomic E-state index is 0.0447. The summed E-state index contributed by atoms with van der Waals surface area (Å²) in [5, 5.41) is 4.51. The molecular weight excluding hydrogens is 347 g/mol. The number of aromatic nitrogens is 1. The molecule has 4 rings (SSSR count). The zero-order valence-electron chi connectivity index (χ0n) is 14.4. The maximum Gasteiger partial charge on any atom is 0.238 e. The van der Waals surface area contributed by atoms with E-state index in [1.54, 1.807) is 12.1 Å². The van der Waals surface area contributed by atoms with Gasteiger partial charge in [-0.25, -0.2) is 9.37 Å². The third kappa shape index (κ3) is 3.73. The molecule has 5 heteroatoms. The number of carbonyl (C=O) groups is 1. The van der Waals surface area contributed by atoms with Gasteiger partial charge in [0, 0.05) is 11.4 Å². The van der Waals surface area contributed by atoms with Crippen molar-refractivity contribution >= 4 is 28.6 Å². The Morgan fingerprint density at radius 1 is 1.19 bits per heavy atom. The number of para-hydroxylation sites is 1. The first kappa shape index (κ1) is 17.0. The van der Waals surface area contributed by atoms with Gasteiger partial charge in [-0.3, -0.25) is 4.79 Å². The van der Waals surface area contributed by atoms with Crippen LogP contribution in [-0.4, -0.2) is 16.9 Å². The topological polar surface area (TPSA) is 42.0 Å². The van der Waals surface area contributed by atoms with Crippen molar-refractivity contribution in [2.75, 3.05) is 0 Å². The molecule has 132 valence electrons. The highest BCUT2D eigenvalue weighted by molar-refractivity contribution is 8.00. The van der Waals surface area contributed by atoms with Gasteiger partial charge < -0.3 is 5.32 Å². The molecule has 0 aliphatic heterocycles. The van der Waals surface area contributed by atoms with E-state index in [-0.39, 0.29) is 17.8 Å². The van der Waals surface area contributed by atoms with Crippen LogP contribution >= 0.6 is 11.8 Å². The van der Waals surface area contributed by atoms with E-state index in [2.05, 4.69) is 5.32 Å². The maximum absolute atomic E-state index is 13.3. The van der Waals surface area contributed by atoms with Crippen LogP contribution in [0, 0.1) is 12.7 Å². The Hall–Kier alpha value is -2.40. The van der Waals surface area contributed by atoms with Crippen LogP contribution in [0.5, 0.6) is 0 Å². The van der Waals surface area contributed by atoms with Crippen molar-refractivity contribution in [3.8, 4) is 0 Å². The van der Waals surface area contributed by atoms with Gasteiger partial charge in [-0.15, -0.1) is 0 Å². The smallest absolute Gasteiger partial charge is 0.238 e. The van der Waals surface area contributed by atoms with E-state index in [0.29, 0.717) is 0 Å². The number of carbonyl (C=O) groups excluding carboxylic acids is 1. The molecule has 0 spiro atoms. The summed E-state index contributed by atoms with van der Waals surface area (Å²) in [6.07, 6.45) is 2.06. The quantitative estimate of drug-likeness (QED) is 0.660. The average molecular weight is 366 g/mol. The molecule has 1 fully saturated rings. The van der Waals surface area contributed by atoms with Crippen molar-refractivity contribution in [1.29, 1.82) is 0 Å². The number of benzene rings is 2. The van der Waals surface area contributed by atoms with Gasteiger partial charge in [0.25, 0.3) is 0 Å². The monoisotopic (exact) mass is 366 g/mol. The molecule has 2 aromatic carbocycles. The van der Waals surface area contributed by atoms with Crippen LogP contribution < -0.4 is 5.32 Å². The Balaban J connectivity index is 1.67. The molecule has 1 unspecified atom stereocenters. The molecule has 1 N–H and O–H groups in total. The number of hydrogen-bond acceptors (Lipinski definition) is 3. The number of aryl methyl sites for hydroxylation is 1. The van der Waals surface area contributed by atoms with Gasteiger partial charge in [0.15, 0.2) is 0 Å². The predicted molar refractivity (Wildman–Crippen MR) is 103 cm³/mol. The summed E-state index contributed by atoms with van der Waals surface area (Å²) in [7, 11) is 0. The highest BCUT2D eigenvalue weighted by Gasteiger charge is 2.29. The third-order valence-corrected chi connectivity index (χ3v) is 5.65. The second-order valence-electron chi connectivity index (χ2n) is 6.63. The number of hydrogen-bond donors (Lipinski definition) is 1. The Labute approximate surface area is 156 Å². The molecule has 3 nitrogen and oxygen atoms in total. The fraction of sp³-hybridized carbons (Fsp3) is 0.238. The fourth-order valence-electron chi connectivity index (χ4n) is 2.91. The van der Waals surface area contributed by atoms with Gasteiger partial charge >= 0.3 is 0 Å². The van der Waals surface area contributed by atoms with E-state index in [9.17, 15) is 9.18 Å². The largest absolute Gasteiger partial charge is 0.352 e. The van der Waals surface area contributed by atoms with Gasteiger partial charge in [-0.1, -0.05) is 42.1 Å². The van der Waals surface area contributed by atoms with Crippen LogP contribution in [-0.2, 0) is 4.79 Å². The summed E-state index contributed by atoms with van der Waals surface area (Å²) in [5.41, 5.74) is 2.82. The van der Waals surface area contributed by atoms with Crippen LogP contribution in [0.3, 0.4) is 0 Å². The van der Waals surface area contributed by atoms with Crippen molar-refractivity contribution in [2.45, 2.75) is 36.1 Å². The lowest BCUT2D eigenvalue weighted by Crippen LogP contribution is -2.29. The number of rotatable bonds is 5. The zero-order valence-corrected chi connectivity index (χ0v) is 15.2. The number of amides is 1. The van der Waals surface area contributed by atoms with Crippen LogP contribution in [0.1, 0.15) is 29.2 Å². The van der Waals surface area contributed by atoms with Crippen LogP contribution in [0.4, 0.5) is 4.39 Å². The van der Waals surface area contributed by atoms with Crippen molar-refractivity contribution in [2.24, 2.45) is 0 Å². The molecule has 1 aliphatic rings. The van der Waals surface area contributed by atoms with E-state index in [1.165, 1.54) is 23.9 Å². The van der Waals surface area contributed by atoms with Gasteiger partial charge in [-0.2, -0.15) is 0 Å². The second-order valence-corrected chi connectivity index (χ2v) is 7.75. The SMILES string of the molecule is Cc1cc(SC(C(=O)NC2CC2)c2ccc(F)cc2)nc2ccccc12. The molecule has 3 aromatic rings. The number of halogens is 1. The van der Waals surface area contributed by atoms with Crippen molar-refractivity contribution in [3.05, 3.63) is 71.5 Å². The molecule has 1 atom stereocenters. The minimum atomic E-state index is -0.454. The molecular formula is C21H19FN2OS. The van der Waals surface area contributed by atoms with E-state index in [4.69, 9.17) is 4.98 Å². The highest BCUT2D eigenvalue weighted by atomic mass is 32.2.